The van der Waals surface area contributed by atoms with E-state index >= 15 is 0 Å². The molecule has 3 nitrogen and oxygen atoms in total. The fourth-order valence-corrected chi connectivity index (χ4v) is 4.12. The van der Waals surface area contributed by atoms with E-state index in [0.717, 1.165) is 19.4 Å². The van der Waals surface area contributed by atoms with Gasteiger partial charge in [0.1, 0.15) is 0 Å². The highest BCUT2D eigenvalue weighted by Crippen LogP contribution is 2.45. The van der Waals surface area contributed by atoms with Crippen molar-refractivity contribution in [2.75, 3.05) is 13.2 Å². The molecule has 3 unspecified atom stereocenters. The van der Waals surface area contributed by atoms with Gasteiger partial charge in [-0.15, -0.1) is 0 Å². The molecule has 0 bridgehead atoms. The highest BCUT2D eigenvalue weighted by atomic mass is 16.5. The third-order valence-electron chi connectivity index (χ3n) is 5.31. The second-order valence-electron chi connectivity index (χ2n) is 6.74. The Morgan fingerprint density at radius 3 is 2.58 bits per heavy atom. The first-order chi connectivity index (χ1) is 9.24. The largest absolute Gasteiger partial charge is 0.390 e. The molecule has 0 amide bonds. The number of aliphatic hydroxyl groups excluding tert-OH is 1. The predicted molar refractivity (Wildman–Crippen MR) is 74.0 cm³/mol. The molecule has 1 aliphatic heterocycles. The highest BCUT2D eigenvalue weighted by Gasteiger charge is 2.46. The van der Waals surface area contributed by atoms with Crippen molar-refractivity contribution in [2.24, 2.45) is 11.8 Å². The topological polar surface area (TPSA) is 38.7 Å². The molecular weight excluding hydrogens is 240 g/mol. The number of hydrogen-bond acceptors (Lipinski definition) is 3. The molecule has 1 N–H and O–H groups in total. The predicted octanol–water partition coefficient (Wildman–Crippen LogP) is 2.90. The van der Waals surface area contributed by atoms with Crippen LogP contribution in [0.2, 0.25) is 0 Å². The van der Waals surface area contributed by atoms with Crippen LogP contribution >= 0.6 is 0 Å². The summed E-state index contributed by atoms with van der Waals surface area (Å²) < 4.78 is 11.9. The van der Waals surface area contributed by atoms with Crippen molar-refractivity contribution < 1.29 is 14.6 Å². The molecule has 1 heterocycles. The standard InChI is InChI=1S/C16H28O3/c1-2-18-15(12-5-6-12)14(17)13-7-10-19-16(11-13)8-3-4-9-16/h12-15,17H,2-11H2,1H3. The Kier molecular flexibility index (Phi) is 4.16. The van der Waals surface area contributed by atoms with Gasteiger partial charge in [0.15, 0.2) is 0 Å². The minimum atomic E-state index is -0.283. The molecular formula is C16H28O3. The van der Waals surface area contributed by atoms with Gasteiger partial charge in [0.2, 0.25) is 0 Å². The fourth-order valence-electron chi connectivity index (χ4n) is 4.12. The van der Waals surface area contributed by atoms with Gasteiger partial charge in [-0.1, -0.05) is 12.8 Å². The van der Waals surface area contributed by atoms with E-state index < -0.39 is 0 Å². The molecule has 3 rings (SSSR count). The molecule has 19 heavy (non-hydrogen) atoms. The van der Waals surface area contributed by atoms with Crippen molar-refractivity contribution in [1.82, 2.24) is 0 Å². The molecule has 1 spiro atoms. The number of ether oxygens (including phenoxy) is 2. The summed E-state index contributed by atoms with van der Waals surface area (Å²) in [7, 11) is 0. The molecule has 110 valence electrons. The Bertz CT molecular complexity index is 294. The summed E-state index contributed by atoms with van der Waals surface area (Å²) in [5, 5.41) is 10.7. The summed E-state index contributed by atoms with van der Waals surface area (Å²) in [6, 6.07) is 0. The van der Waals surface area contributed by atoms with Crippen LogP contribution in [0, 0.1) is 11.8 Å². The maximum atomic E-state index is 10.7. The van der Waals surface area contributed by atoms with Crippen molar-refractivity contribution in [2.45, 2.75) is 76.1 Å². The lowest BCUT2D eigenvalue weighted by Crippen LogP contribution is -2.45. The zero-order valence-corrected chi connectivity index (χ0v) is 12.1. The molecule has 3 atom stereocenters. The van der Waals surface area contributed by atoms with Crippen LogP contribution in [0.3, 0.4) is 0 Å². The van der Waals surface area contributed by atoms with Crippen molar-refractivity contribution in [3.8, 4) is 0 Å². The van der Waals surface area contributed by atoms with Crippen molar-refractivity contribution in [1.29, 1.82) is 0 Å². The molecule has 3 aliphatic rings. The Balaban J connectivity index is 1.63. The molecule has 0 aromatic carbocycles. The number of rotatable bonds is 5. The van der Waals surface area contributed by atoms with Crippen LogP contribution in [0.4, 0.5) is 0 Å². The minimum absolute atomic E-state index is 0.0755. The Labute approximate surface area is 116 Å². The van der Waals surface area contributed by atoms with Crippen LogP contribution in [0.1, 0.15) is 58.3 Å². The van der Waals surface area contributed by atoms with Crippen LogP contribution in [-0.4, -0.2) is 36.1 Å². The third kappa shape index (κ3) is 2.98. The van der Waals surface area contributed by atoms with Crippen LogP contribution in [0.25, 0.3) is 0 Å². The Hall–Kier alpha value is -0.120. The lowest BCUT2D eigenvalue weighted by atomic mass is 9.79. The molecule has 0 aromatic heterocycles. The first kappa shape index (κ1) is 13.8. The van der Waals surface area contributed by atoms with E-state index in [1.165, 1.54) is 38.5 Å². The van der Waals surface area contributed by atoms with Gasteiger partial charge < -0.3 is 14.6 Å². The molecule has 2 saturated carbocycles. The van der Waals surface area contributed by atoms with Gasteiger partial charge in [-0.2, -0.15) is 0 Å². The van der Waals surface area contributed by atoms with E-state index in [-0.39, 0.29) is 17.8 Å². The summed E-state index contributed by atoms with van der Waals surface area (Å²) in [5.74, 6) is 0.987. The summed E-state index contributed by atoms with van der Waals surface area (Å²) in [6.07, 6.45) is 9.27. The SMILES string of the molecule is CCOC(C1CC1)C(O)C1CCOC2(CCCC2)C1. The van der Waals surface area contributed by atoms with E-state index in [9.17, 15) is 5.11 Å². The van der Waals surface area contributed by atoms with Gasteiger partial charge in [-0.05, 0) is 57.3 Å². The van der Waals surface area contributed by atoms with Crippen LogP contribution < -0.4 is 0 Å². The summed E-state index contributed by atoms with van der Waals surface area (Å²) >= 11 is 0. The molecule has 0 radical (unpaired) electrons. The van der Waals surface area contributed by atoms with Crippen molar-refractivity contribution in [3.63, 3.8) is 0 Å². The first-order valence-electron chi connectivity index (χ1n) is 8.18. The quantitative estimate of drug-likeness (QED) is 0.833. The third-order valence-corrected chi connectivity index (χ3v) is 5.31. The minimum Gasteiger partial charge on any atom is -0.390 e. The summed E-state index contributed by atoms with van der Waals surface area (Å²) in [5.41, 5.74) is 0.101. The van der Waals surface area contributed by atoms with E-state index in [1.54, 1.807) is 0 Å². The summed E-state index contributed by atoms with van der Waals surface area (Å²) in [4.78, 5) is 0. The average Bonchev–Trinajstić information content (AvgIpc) is 3.18. The highest BCUT2D eigenvalue weighted by molar-refractivity contribution is 4.96. The van der Waals surface area contributed by atoms with Crippen LogP contribution in [-0.2, 0) is 9.47 Å². The van der Waals surface area contributed by atoms with E-state index in [2.05, 4.69) is 0 Å². The van der Waals surface area contributed by atoms with Gasteiger partial charge in [0.25, 0.3) is 0 Å². The molecule has 3 fully saturated rings. The summed E-state index contributed by atoms with van der Waals surface area (Å²) in [6.45, 7) is 3.57. The lowest BCUT2D eigenvalue weighted by molar-refractivity contribution is -0.139. The Morgan fingerprint density at radius 1 is 1.21 bits per heavy atom. The molecule has 0 aromatic rings. The van der Waals surface area contributed by atoms with Crippen LogP contribution in [0.5, 0.6) is 0 Å². The average molecular weight is 268 g/mol. The van der Waals surface area contributed by atoms with Crippen molar-refractivity contribution >= 4 is 0 Å². The smallest absolute Gasteiger partial charge is 0.0864 e. The zero-order valence-electron chi connectivity index (χ0n) is 12.1. The van der Waals surface area contributed by atoms with Crippen LogP contribution in [0.15, 0.2) is 0 Å². The fraction of sp³-hybridized carbons (Fsp3) is 1.00. The molecule has 3 heteroatoms. The molecule has 2 aliphatic carbocycles. The molecule has 1 saturated heterocycles. The van der Waals surface area contributed by atoms with Gasteiger partial charge >= 0.3 is 0 Å². The maximum Gasteiger partial charge on any atom is 0.0864 e. The monoisotopic (exact) mass is 268 g/mol. The van der Waals surface area contributed by atoms with Gasteiger partial charge in [-0.25, -0.2) is 0 Å². The Morgan fingerprint density at radius 2 is 1.95 bits per heavy atom. The van der Waals surface area contributed by atoms with Gasteiger partial charge in [0, 0.05) is 13.2 Å². The van der Waals surface area contributed by atoms with Gasteiger partial charge in [0.05, 0.1) is 17.8 Å². The van der Waals surface area contributed by atoms with Crippen molar-refractivity contribution in [3.05, 3.63) is 0 Å². The normalized spacial score (nSPS) is 33.5. The lowest BCUT2D eigenvalue weighted by Gasteiger charge is -2.41. The number of hydrogen-bond donors (Lipinski definition) is 1. The second-order valence-corrected chi connectivity index (χ2v) is 6.74. The first-order valence-corrected chi connectivity index (χ1v) is 8.18. The van der Waals surface area contributed by atoms with E-state index in [0.29, 0.717) is 18.4 Å². The van der Waals surface area contributed by atoms with Gasteiger partial charge in [-0.3, -0.25) is 0 Å². The van der Waals surface area contributed by atoms with E-state index in [1.807, 2.05) is 6.92 Å². The second kappa shape index (κ2) is 5.71. The maximum absolute atomic E-state index is 10.7. The van der Waals surface area contributed by atoms with E-state index in [4.69, 9.17) is 9.47 Å². The number of aliphatic hydroxyl groups is 1. The zero-order chi connectivity index (χ0) is 13.3.